The van der Waals surface area contributed by atoms with Crippen LogP contribution in [0.25, 0.3) is 0 Å². The molecule has 1 rings (SSSR count). The quantitative estimate of drug-likeness (QED) is 0.806. The summed E-state index contributed by atoms with van der Waals surface area (Å²) in [5, 5.41) is 3.90. The van der Waals surface area contributed by atoms with Gasteiger partial charge in [-0.2, -0.15) is 18.3 Å². The van der Waals surface area contributed by atoms with Crippen LogP contribution in [0.2, 0.25) is 0 Å². The Kier molecular flexibility index (Phi) is 4.52. The first-order valence-corrected chi connectivity index (χ1v) is 6.22. The van der Waals surface area contributed by atoms with Gasteiger partial charge in [-0.25, -0.2) is 0 Å². The summed E-state index contributed by atoms with van der Waals surface area (Å²) in [6, 6.07) is 0. The number of halogens is 3. The van der Waals surface area contributed by atoms with Crippen LogP contribution in [0.5, 0.6) is 0 Å². The van der Waals surface area contributed by atoms with E-state index in [0.29, 0.717) is 0 Å². The Labute approximate surface area is 94.1 Å². The lowest BCUT2D eigenvalue weighted by molar-refractivity contribution is -0.0384. The van der Waals surface area contributed by atoms with Gasteiger partial charge < -0.3 is 0 Å². The molecule has 0 aromatic carbocycles. The molecule has 0 aliphatic rings. The first-order valence-electron chi connectivity index (χ1n) is 4.90. The zero-order valence-electron chi connectivity index (χ0n) is 8.83. The molecule has 0 aliphatic carbocycles. The average molecular weight is 254 g/mol. The summed E-state index contributed by atoms with van der Waals surface area (Å²) in [5.74, 6) is -0.448. The molecule has 0 saturated carbocycles. The molecule has 0 N–H and O–H groups in total. The van der Waals surface area contributed by atoms with Crippen LogP contribution in [0.3, 0.4) is 0 Å². The van der Waals surface area contributed by atoms with E-state index in [1.54, 1.807) is 12.4 Å². The molecule has 16 heavy (non-hydrogen) atoms. The van der Waals surface area contributed by atoms with Gasteiger partial charge in [0.05, 0.1) is 18.5 Å². The molecule has 7 heteroatoms. The molecule has 1 heterocycles. The minimum atomic E-state index is -4.63. The van der Waals surface area contributed by atoms with Gasteiger partial charge in [-0.1, -0.05) is 13.3 Å². The molecule has 92 valence electrons. The monoisotopic (exact) mass is 254 g/mol. The molecule has 0 aliphatic heterocycles. The molecule has 0 bridgehead atoms. The van der Waals surface area contributed by atoms with Crippen LogP contribution in [0.15, 0.2) is 12.4 Å². The highest BCUT2D eigenvalue weighted by Gasteiger charge is 2.36. The minimum absolute atomic E-state index is 0.0236. The van der Waals surface area contributed by atoms with Crippen LogP contribution < -0.4 is 0 Å². The predicted molar refractivity (Wildman–Crippen MR) is 55.3 cm³/mol. The summed E-state index contributed by atoms with van der Waals surface area (Å²) < 4.78 is 48.0. The van der Waals surface area contributed by atoms with Crippen molar-refractivity contribution >= 4 is 10.8 Å². The fourth-order valence-electron chi connectivity index (χ4n) is 1.24. The third kappa shape index (κ3) is 3.96. The third-order valence-corrected chi connectivity index (χ3v) is 3.06. The number of rotatable bonds is 5. The van der Waals surface area contributed by atoms with E-state index < -0.39 is 22.1 Å². The van der Waals surface area contributed by atoms with Crippen molar-refractivity contribution in [3.8, 4) is 0 Å². The lowest BCUT2D eigenvalue weighted by Gasteiger charge is -2.05. The maximum absolute atomic E-state index is 11.9. The molecule has 0 spiro atoms. The fourth-order valence-corrected chi connectivity index (χ4v) is 1.82. The van der Waals surface area contributed by atoms with Crippen molar-refractivity contribution in [2.75, 3.05) is 5.75 Å². The highest BCUT2D eigenvalue weighted by Crippen LogP contribution is 2.20. The zero-order valence-corrected chi connectivity index (χ0v) is 9.64. The standard InChI is InChI=1S/C9H13F3N2OS/c1-2-3-8-6-13-14(7-8)4-5-16(15)9(10,11)12/h6-7H,2-5H2,1H3. The van der Waals surface area contributed by atoms with E-state index >= 15 is 0 Å². The van der Waals surface area contributed by atoms with Gasteiger partial charge in [0, 0.05) is 6.20 Å². The van der Waals surface area contributed by atoms with Crippen molar-refractivity contribution in [3.05, 3.63) is 18.0 Å². The SMILES string of the molecule is CCCc1cnn(CCS(=O)C(F)(F)F)c1. The molecule has 1 atom stereocenters. The molecule has 0 saturated heterocycles. The van der Waals surface area contributed by atoms with E-state index in [1.165, 1.54) is 4.68 Å². The van der Waals surface area contributed by atoms with Crippen molar-refractivity contribution in [2.24, 2.45) is 0 Å². The van der Waals surface area contributed by atoms with Crippen molar-refractivity contribution in [1.82, 2.24) is 9.78 Å². The molecular formula is C9H13F3N2OS. The normalized spacial score (nSPS) is 14.0. The van der Waals surface area contributed by atoms with E-state index in [9.17, 15) is 17.4 Å². The van der Waals surface area contributed by atoms with Crippen molar-refractivity contribution in [3.63, 3.8) is 0 Å². The fraction of sp³-hybridized carbons (Fsp3) is 0.667. The lowest BCUT2D eigenvalue weighted by atomic mass is 10.2. The predicted octanol–water partition coefficient (Wildman–Crippen LogP) is 2.10. The van der Waals surface area contributed by atoms with E-state index in [-0.39, 0.29) is 6.54 Å². The summed E-state index contributed by atoms with van der Waals surface area (Å²) in [4.78, 5) is 0. The molecule has 0 fully saturated rings. The highest BCUT2D eigenvalue weighted by atomic mass is 32.2. The molecular weight excluding hydrogens is 241 g/mol. The summed E-state index contributed by atoms with van der Waals surface area (Å²) in [6.45, 7) is 2.03. The van der Waals surface area contributed by atoms with E-state index in [0.717, 1.165) is 18.4 Å². The van der Waals surface area contributed by atoms with Crippen LogP contribution in [0, 0.1) is 0 Å². The Hall–Kier alpha value is -0.850. The van der Waals surface area contributed by atoms with Gasteiger partial charge in [0.1, 0.15) is 10.8 Å². The van der Waals surface area contributed by atoms with E-state index in [1.807, 2.05) is 6.92 Å². The minimum Gasteiger partial charge on any atom is -0.272 e. The smallest absolute Gasteiger partial charge is 0.272 e. The van der Waals surface area contributed by atoms with E-state index in [2.05, 4.69) is 5.10 Å². The second-order valence-corrected chi connectivity index (χ2v) is 4.92. The van der Waals surface area contributed by atoms with Crippen LogP contribution >= 0.6 is 0 Å². The van der Waals surface area contributed by atoms with Crippen molar-refractivity contribution in [2.45, 2.75) is 31.8 Å². The van der Waals surface area contributed by atoms with Crippen LogP contribution in [0.4, 0.5) is 13.2 Å². The van der Waals surface area contributed by atoms with Gasteiger partial charge in [-0.05, 0) is 12.0 Å². The molecule has 1 unspecified atom stereocenters. The molecule has 0 radical (unpaired) electrons. The zero-order chi connectivity index (χ0) is 12.2. The Morgan fingerprint density at radius 1 is 1.50 bits per heavy atom. The van der Waals surface area contributed by atoms with Gasteiger partial charge in [0.25, 0.3) is 0 Å². The van der Waals surface area contributed by atoms with Gasteiger partial charge in [-0.15, -0.1) is 0 Å². The Morgan fingerprint density at radius 2 is 2.19 bits per heavy atom. The first kappa shape index (κ1) is 13.2. The molecule has 1 aromatic rings. The number of aromatic nitrogens is 2. The van der Waals surface area contributed by atoms with Gasteiger partial charge in [0.2, 0.25) is 0 Å². The van der Waals surface area contributed by atoms with Crippen LogP contribution in [0.1, 0.15) is 18.9 Å². The summed E-state index contributed by atoms with van der Waals surface area (Å²) in [5.41, 5.74) is -3.64. The lowest BCUT2D eigenvalue weighted by Crippen LogP contribution is -2.21. The Morgan fingerprint density at radius 3 is 2.75 bits per heavy atom. The number of alkyl halides is 3. The Bertz CT molecular complexity index is 362. The summed E-state index contributed by atoms with van der Waals surface area (Å²) in [7, 11) is -2.79. The maximum atomic E-state index is 11.9. The number of nitrogens with zero attached hydrogens (tertiary/aromatic N) is 2. The number of hydrogen-bond donors (Lipinski definition) is 0. The van der Waals surface area contributed by atoms with Crippen molar-refractivity contribution < 1.29 is 17.4 Å². The first-order chi connectivity index (χ1) is 7.43. The maximum Gasteiger partial charge on any atom is 0.471 e. The number of hydrogen-bond acceptors (Lipinski definition) is 2. The van der Waals surface area contributed by atoms with Gasteiger partial charge >= 0.3 is 5.51 Å². The Balaban J connectivity index is 2.45. The largest absolute Gasteiger partial charge is 0.471 e. The second kappa shape index (κ2) is 5.47. The second-order valence-electron chi connectivity index (χ2n) is 3.36. The van der Waals surface area contributed by atoms with Crippen LogP contribution in [-0.4, -0.2) is 25.3 Å². The topological polar surface area (TPSA) is 34.9 Å². The molecule has 0 amide bonds. The molecule has 1 aromatic heterocycles. The van der Waals surface area contributed by atoms with E-state index in [4.69, 9.17) is 0 Å². The van der Waals surface area contributed by atoms with Crippen molar-refractivity contribution in [1.29, 1.82) is 0 Å². The summed E-state index contributed by atoms with van der Waals surface area (Å²) >= 11 is 0. The summed E-state index contributed by atoms with van der Waals surface area (Å²) in [6.07, 6.45) is 5.12. The highest BCUT2D eigenvalue weighted by molar-refractivity contribution is 7.85. The van der Waals surface area contributed by atoms with Gasteiger partial charge in [0.15, 0.2) is 0 Å². The third-order valence-electron chi connectivity index (χ3n) is 1.99. The molecule has 3 nitrogen and oxygen atoms in total. The van der Waals surface area contributed by atoms with Gasteiger partial charge in [-0.3, -0.25) is 8.89 Å². The average Bonchev–Trinajstić information content (AvgIpc) is 2.61. The number of aryl methyl sites for hydroxylation is 2. The van der Waals surface area contributed by atoms with Crippen LogP contribution in [-0.2, 0) is 23.8 Å².